The maximum absolute atomic E-state index is 12.3. The first-order chi connectivity index (χ1) is 8.45. The average molecular weight is 276 g/mol. The van der Waals surface area contributed by atoms with Crippen molar-refractivity contribution in [2.24, 2.45) is 0 Å². The van der Waals surface area contributed by atoms with E-state index in [4.69, 9.17) is 16.3 Å². The van der Waals surface area contributed by atoms with Crippen LogP contribution in [0, 0.1) is 0 Å². The van der Waals surface area contributed by atoms with E-state index in [2.05, 4.69) is 15.2 Å². The molecule has 0 N–H and O–H groups in total. The first-order valence-corrected chi connectivity index (χ1v) is 5.03. The van der Waals surface area contributed by atoms with E-state index in [0.29, 0.717) is 6.20 Å². The molecule has 0 spiro atoms. The number of pyridine rings is 1. The summed E-state index contributed by atoms with van der Waals surface area (Å²) < 4.78 is 41.9. The average Bonchev–Trinajstić information content (AvgIpc) is 2.32. The van der Waals surface area contributed by atoms with Gasteiger partial charge in [-0.2, -0.15) is 13.2 Å². The van der Waals surface area contributed by atoms with Crippen LogP contribution in [0.15, 0.2) is 30.5 Å². The Morgan fingerprint density at radius 2 is 1.72 bits per heavy atom. The Morgan fingerprint density at radius 1 is 1.00 bits per heavy atom. The number of aromatic nitrogens is 3. The highest BCUT2D eigenvalue weighted by molar-refractivity contribution is 6.29. The van der Waals surface area contributed by atoms with Crippen molar-refractivity contribution < 1.29 is 17.9 Å². The van der Waals surface area contributed by atoms with Gasteiger partial charge in [0.25, 0.3) is 0 Å². The van der Waals surface area contributed by atoms with Crippen LogP contribution in [0.25, 0.3) is 0 Å². The summed E-state index contributed by atoms with van der Waals surface area (Å²) in [6.07, 6.45) is -3.75. The van der Waals surface area contributed by atoms with Crippen LogP contribution in [0.3, 0.4) is 0 Å². The van der Waals surface area contributed by atoms with Crippen molar-refractivity contribution in [2.45, 2.75) is 6.18 Å². The highest BCUT2D eigenvalue weighted by atomic mass is 35.5. The monoisotopic (exact) mass is 275 g/mol. The molecule has 18 heavy (non-hydrogen) atoms. The summed E-state index contributed by atoms with van der Waals surface area (Å²) in [6, 6.07) is 4.83. The molecule has 2 aromatic rings. The van der Waals surface area contributed by atoms with E-state index in [-0.39, 0.29) is 16.9 Å². The third kappa shape index (κ3) is 3.07. The van der Waals surface area contributed by atoms with E-state index in [1.807, 2.05) is 0 Å². The lowest BCUT2D eigenvalue weighted by molar-refractivity contribution is -0.137. The van der Waals surface area contributed by atoms with Crippen molar-refractivity contribution in [3.8, 4) is 11.8 Å². The van der Waals surface area contributed by atoms with Gasteiger partial charge in [0.05, 0.1) is 5.56 Å². The second kappa shape index (κ2) is 4.77. The molecule has 0 radical (unpaired) electrons. The molecule has 2 rings (SSSR count). The molecule has 0 unspecified atom stereocenters. The van der Waals surface area contributed by atoms with Crippen molar-refractivity contribution in [1.82, 2.24) is 15.2 Å². The molecule has 0 aliphatic carbocycles. The minimum atomic E-state index is -4.42. The highest BCUT2D eigenvalue weighted by Crippen LogP contribution is 2.29. The van der Waals surface area contributed by atoms with E-state index in [1.165, 1.54) is 12.1 Å². The number of ether oxygens (including phenoxy) is 1. The van der Waals surface area contributed by atoms with Crippen molar-refractivity contribution >= 4 is 11.6 Å². The molecule has 4 nitrogen and oxygen atoms in total. The fraction of sp³-hybridized carbons (Fsp3) is 0.100. The Balaban J connectivity index is 2.13. The van der Waals surface area contributed by atoms with Crippen molar-refractivity contribution in [2.75, 3.05) is 0 Å². The second-order valence-electron chi connectivity index (χ2n) is 3.18. The zero-order valence-corrected chi connectivity index (χ0v) is 9.40. The predicted molar refractivity (Wildman–Crippen MR) is 56.4 cm³/mol. The number of nitrogens with zero attached hydrogens (tertiary/aromatic N) is 3. The molecule has 0 saturated heterocycles. The van der Waals surface area contributed by atoms with Crippen LogP contribution in [-0.4, -0.2) is 15.2 Å². The molecule has 0 aromatic carbocycles. The van der Waals surface area contributed by atoms with Gasteiger partial charge in [0.2, 0.25) is 11.8 Å². The van der Waals surface area contributed by atoms with Gasteiger partial charge in [0.1, 0.15) is 0 Å². The Hall–Kier alpha value is -1.89. The third-order valence-corrected chi connectivity index (χ3v) is 2.08. The second-order valence-corrected chi connectivity index (χ2v) is 3.57. The highest BCUT2D eigenvalue weighted by Gasteiger charge is 2.30. The van der Waals surface area contributed by atoms with Crippen LogP contribution in [0.4, 0.5) is 13.2 Å². The lowest BCUT2D eigenvalue weighted by Gasteiger charge is -2.07. The molecule has 0 aliphatic rings. The molecule has 0 saturated carbocycles. The molecule has 0 bridgehead atoms. The molecular weight excluding hydrogens is 271 g/mol. The third-order valence-electron chi connectivity index (χ3n) is 1.88. The Labute approximate surface area is 104 Å². The first-order valence-electron chi connectivity index (χ1n) is 4.65. The van der Waals surface area contributed by atoms with Gasteiger partial charge in [-0.05, 0) is 12.1 Å². The van der Waals surface area contributed by atoms with Crippen LogP contribution in [-0.2, 0) is 6.18 Å². The van der Waals surface area contributed by atoms with Crippen LogP contribution in [0.1, 0.15) is 5.56 Å². The Kier molecular flexibility index (Phi) is 3.33. The maximum Gasteiger partial charge on any atom is 0.417 e. The fourth-order valence-corrected chi connectivity index (χ4v) is 1.17. The summed E-state index contributed by atoms with van der Waals surface area (Å²) in [5.74, 6) is 0.0753. The summed E-state index contributed by atoms with van der Waals surface area (Å²) in [7, 11) is 0. The minimum Gasteiger partial charge on any atom is -0.419 e. The van der Waals surface area contributed by atoms with Gasteiger partial charge in [0.15, 0.2) is 5.15 Å². The van der Waals surface area contributed by atoms with Gasteiger partial charge in [-0.15, -0.1) is 10.2 Å². The zero-order valence-electron chi connectivity index (χ0n) is 8.65. The minimum absolute atomic E-state index is 0.0142. The Morgan fingerprint density at radius 3 is 2.22 bits per heavy atom. The van der Waals surface area contributed by atoms with Gasteiger partial charge < -0.3 is 4.74 Å². The van der Waals surface area contributed by atoms with Gasteiger partial charge in [-0.25, -0.2) is 4.98 Å². The number of hydrogen-bond acceptors (Lipinski definition) is 4. The van der Waals surface area contributed by atoms with E-state index < -0.39 is 11.7 Å². The van der Waals surface area contributed by atoms with Crippen LogP contribution in [0.5, 0.6) is 11.8 Å². The van der Waals surface area contributed by atoms with Gasteiger partial charge in [0, 0.05) is 18.3 Å². The molecule has 0 atom stereocenters. The molecule has 8 heteroatoms. The summed E-state index contributed by atoms with van der Waals surface area (Å²) in [5, 5.41) is 7.28. The molecule has 0 amide bonds. The summed E-state index contributed by atoms with van der Waals surface area (Å²) in [6.45, 7) is 0. The molecule has 2 heterocycles. The maximum atomic E-state index is 12.3. The van der Waals surface area contributed by atoms with Crippen LogP contribution in [0.2, 0.25) is 5.15 Å². The van der Waals surface area contributed by atoms with Crippen molar-refractivity contribution in [3.63, 3.8) is 0 Å². The zero-order chi connectivity index (χ0) is 13.2. The number of halogens is 4. The van der Waals surface area contributed by atoms with Crippen LogP contribution < -0.4 is 4.74 Å². The standard InChI is InChI=1S/C10H5ClF3N3O/c11-7-2-4-9(17-16-7)18-8-3-1-6(5-15-8)10(12,13)14/h1-5H. The fourth-order valence-electron chi connectivity index (χ4n) is 1.07. The smallest absolute Gasteiger partial charge is 0.417 e. The van der Waals surface area contributed by atoms with Crippen molar-refractivity contribution in [3.05, 3.63) is 41.2 Å². The Bertz CT molecular complexity index is 528. The van der Waals surface area contributed by atoms with E-state index in [1.54, 1.807) is 0 Å². The van der Waals surface area contributed by atoms with Gasteiger partial charge in [-0.3, -0.25) is 0 Å². The molecule has 0 aliphatic heterocycles. The first kappa shape index (κ1) is 12.6. The number of hydrogen-bond donors (Lipinski definition) is 0. The quantitative estimate of drug-likeness (QED) is 0.843. The predicted octanol–water partition coefficient (Wildman–Crippen LogP) is 3.34. The summed E-state index contributed by atoms with van der Waals surface area (Å²) in [5.41, 5.74) is -0.850. The normalized spacial score (nSPS) is 11.3. The molecule has 94 valence electrons. The van der Waals surface area contributed by atoms with Crippen molar-refractivity contribution in [1.29, 1.82) is 0 Å². The molecule has 2 aromatic heterocycles. The molecular formula is C10H5ClF3N3O. The lowest BCUT2D eigenvalue weighted by Crippen LogP contribution is -2.05. The summed E-state index contributed by atoms with van der Waals surface area (Å²) >= 11 is 5.52. The lowest BCUT2D eigenvalue weighted by atomic mass is 10.3. The molecule has 0 fully saturated rings. The largest absolute Gasteiger partial charge is 0.419 e. The van der Waals surface area contributed by atoms with Crippen LogP contribution >= 0.6 is 11.6 Å². The number of alkyl halides is 3. The number of rotatable bonds is 2. The van der Waals surface area contributed by atoms with E-state index in [0.717, 1.165) is 12.1 Å². The van der Waals surface area contributed by atoms with Gasteiger partial charge in [-0.1, -0.05) is 11.6 Å². The topological polar surface area (TPSA) is 47.9 Å². The van der Waals surface area contributed by atoms with Gasteiger partial charge >= 0.3 is 6.18 Å². The van der Waals surface area contributed by atoms with E-state index >= 15 is 0 Å². The van der Waals surface area contributed by atoms with E-state index in [9.17, 15) is 13.2 Å². The SMILES string of the molecule is FC(F)(F)c1ccc(Oc2ccc(Cl)nn2)nc1. The summed E-state index contributed by atoms with van der Waals surface area (Å²) in [4.78, 5) is 3.52.